The van der Waals surface area contributed by atoms with Crippen molar-refractivity contribution in [2.24, 2.45) is 0 Å². The van der Waals surface area contributed by atoms with Crippen LogP contribution in [0.4, 0.5) is 0 Å². The van der Waals surface area contributed by atoms with Crippen LogP contribution in [-0.4, -0.2) is 24.4 Å². The molecule has 28 heavy (non-hydrogen) atoms. The van der Waals surface area contributed by atoms with Gasteiger partial charge in [-0.3, -0.25) is 5.32 Å². The lowest BCUT2D eigenvalue weighted by Gasteiger charge is -2.35. The lowest BCUT2D eigenvalue weighted by Crippen LogP contribution is -2.44. The van der Waals surface area contributed by atoms with Gasteiger partial charge in [-0.25, -0.2) is 0 Å². The number of thiophene rings is 1. The Morgan fingerprint density at radius 2 is 2.00 bits per heavy atom. The summed E-state index contributed by atoms with van der Waals surface area (Å²) >= 11 is 1.63. The second-order valence-electron chi connectivity index (χ2n) is 7.11. The van der Waals surface area contributed by atoms with Gasteiger partial charge in [0, 0.05) is 29.1 Å². The molecule has 1 saturated carbocycles. The molecule has 6 nitrogen and oxygen atoms in total. The lowest BCUT2D eigenvalue weighted by molar-refractivity contribution is 0.168. The van der Waals surface area contributed by atoms with Crippen molar-refractivity contribution in [3.8, 4) is 22.9 Å². The second kappa shape index (κ2) is 8.32. The fraction of sp³-hybridized carbons (Fsp3) is 0.429. The van der Waals surface area contributed by atoms with Gasteiger partial charge in [-0.2, -0.15) is 16.3 Å². The summed E-state index contributed by atoms with van der Waals surface area (Å²) in [5.74, 6) is 2.93. The molecule has 0 aliphatic heterocycles. The zero-order valence-corrected chi connectivity index (χ0v) is 17.1. The molecule has 4 rings (SSSR count). The van der Waals surface area contributed by atoms with Crippen molar-refractivity contribution in [3.05, 3.63) is 46.5 Å². The monoisotopic (exact) mass is 399 g/mol. The van der Waals surface area contributed by atoms with Gasteiger partial charge in [-0.05, 0) is 30.4 Å². The maximum Gasteiger partial charge on any atom is 0.247 e. The van der Waals surface area contributed by atoms with E-state index in [1.54, 1.807) is 25.6 Å². The Morgan fingerprint density at radius 1 is 1.14 bits per heavy atom. The topological polar surface area (TPSA) is 69.4 Å². The maximum absolute atomic E-state index is 5.74. The first-order valence-corrected chi connectivity index (χ1v) is 10.5. The fourth-order valence-electron chi connectivity index (χ4n) is 3.81. The SMILES string of the molecule is COc1ccc(CNC2(c3nc(-c4ccsc4)no3)CCCCC2)c(OC)c1. The molecule has 1 aromatic carbocycles. The predicted octanol–water partition coefficient (Wildman–Crippen LogP) is 4.76. The van der Waals surface area contributed by atoms with Crippen molar-refractivity contribution in [2.45, 2.75) is 44.2 Å². The highest BCUT2D eigenvalue weighted by molar-refractivity contribution is 7.08. The summed E-state index contributed by atoms with van der Waals surface area (Å²) in [6, 6.07) is 7.91. The third-order valence-corrected chi connectivity index (χ3v) is 6.12. The number of nitrogens with one attached hydrogen (secondary N) is 1. The molecule has 0 amide bonds. The Labute approximate surface area is 168 Å². The van der Waals surface area contributed by atoms with Crippen LogP contribution in [0, 0.1) is 0 Å². The molecule has 0 spiro atoms. The Kier molecular flexibility index (Phi) is 5.64. The van der Waals surface area contributed by atoms with Crippen molar-refractivity contribution >= 4 is 11.3 Å². The number of methoxy groups -OCH3 is 2. The zero-order valence-electron chi connectivity index (χ0n) is 16.2. The Balaban J connectivity index is 1.58. The van der Waals surface area contributed by atoms with Crippen molar-refractivity contribution in [1.29, 1.82) is 0 Å². The molecule has 0 unspecified atom stereocenters. The van der Waals surface area contributed by atoms with Gasteiger partial charge in [-0.15, -0.1) is 0 Å². The van der Waals surface area contributed by atoms with E-state index in [1.807, 2.05) is 35.0 Å². The van der Waals surface area contributed by atoms with E-state index in [1.165, 1.54) is 6.42 Å². The largest absolute Gasteiger partial charge is 0.497 e. The van der Waals surface area contributed by atoms with Gasteiger partial charge < -0.3 is 14.0 Å². The highest BCUT2D eigenvalue weighted by atomic mass is 32.1. The minimum atomic E-state index is -0.301. The molecule has 1 aliphatic rings. The number of benzene rings is 1. The van der Waals surface area contributed by atoms with Gasteiger partial charge in [0.15, 0.2) is 0 Å². The number of rotatable bonds is 7. The summed E-state index contributed by atoms with van der Waals surface area (Å²) in [5.41, 5.74) is 1.78. The number of ether oxygens (including phenoxy) is 2. The Morgan fingerprint density at radius 3 is 2.71 bits per heavy atom. The molecule has 1 N–H and O–H groups in total. The van der Waals surface area contributed by atoms with Crippen LogP contribution in [0.5, 0.6) is 11.5 Å². The van der Waals surface area contributed by atoms with Gasteiger partial charge in [0.25, 0.3) is 0 Å². The average molecular weight is 400 g/mol. The van der Waals surface area contributed by atoms with E-state index < -0.39 is 0 Å². The van der Waals surface area contributed by atoms with Crippen LogP contribution >= 0.6 is 11.3 Å². The molecule has 3 aromatic rings. The third-order valence-electron chi connectivity index (χ3n) is 5.43. The number of hydrogen-bond donors (Lipinski definition) is 1. The number of aromatic nitrogens is 2. The van der Waals surface area contributed by atoms with E-state index in [9.17, 15) is 0 Å². The lowest BCUT2D eigenvalue weighted by atomic mass is 9.81. The van der Waals surface area contributed by atoms with Gasteiger partial charge >= 0.3 is 0 Å². The molecule has 0 saturated heterocycles. The highest BCUT2D eigenvalue weighted by Crippen LogP contribution is 2.38. The van der Waals surface area contributed by atoms with Crippen LogP contribution in [0.1, 0.15) is 43.6 Å². The molecule has 7 heteroatoms. The fourth-order valence-corrected chi connectivity index (χ4v) is 4.45. The highest BCUT2D eigenvalue weighted by Gasteiger charge is 2.39. The van der Waals surface area contributed by atoms with Crippen molar-refractivity contribution < 1.29 is 14.0 Å². The summed E-state index contributed by atoms with van der Waals surface area (Å²) < 4.78 is 16.6. The molecule has 148 valence electrons. The standard InChI is InChI=1S/C21H25N3O3S/c1-25-17-7-6-15(18(12-17)26-2)13-22-21(9-4-3-5-10-21)20-23-19(24-27-20)16-8-11-28-14-16/h6-8,11-12,14,22H,3-5,9-10,13H2,1-2H3. The van der Waals surface area contributed by atoms with E-state index in [-0.39, 0.29) is 5.54 Å². The molecule has 1 fully saturated rings. The summed E-state index contributed by atoms with van der Waals surface area (Å²) in [6.45, 7) is 0.656. The van der Waals surface area contributed by atoms with E-state index in [2.05, 4.69) is 10.5 Å². The van der Waals surface area contributed by atoms with E-state index >= 15 is 0 Å². The van der Waals surface area contributed by atoms with Gasteiger partial charge in [0.1, 0.15) is 11.5 Å². The van der Waals surface area contributed by atoms with E-state index in [0.29, 0.717) is 18.3 Å². The molecule has 2 heterocycles. The summed E-state index contributed by atoms with van der Waals surface area (Å²) in [7, 11) is 3.34. The first kappa shape index (κ1) is 19.0. The summed E-state index contributed by atoms with van der Waals surface area (Å²) in [5, 5.41) is 12.0. The average Bonchev–Trinajstić information content (AvgIpc) is 3.44. The summed E-state index contributed by atoms with van der Waals surface area (Å²) in [6.07, 6.45) is 5.49. The molecule has 0 bridgehead atoms. The van der Waals surface area contributed by atoms with Crippen LogP contribution in [0.15, 0.2) is 39.5 Å². The van der Waals surface area contributed by atoms with Crippen LogP contribution in [-0.2, 0) is 12.1 Å². The third kappa shape index (κ3) is 3.77. The summed E-state index contributed by atoms with van der Waals surface area (Å²) in [4.78, 5) is 4.75. The minimum Gasteiger partial charge on any atom is -0.497 e. The second-order valence-corrected chi connectivity index (χ2v) is 7.89. The molecule has 0 atom stereocenters. The van der Waals surface area contributed by atoms with Crippen LogP contribution < -0.4 is 14.8 Å². The smallest absolute Gasteiger partial charge is 0.247 e. The van der Waals surface area contributed by atoms with E-state index in [4.69, 9.17) is 19.0 Å². The van der Waals surface area contributed by atoms with Crippen molar-refractivity contribution in [3.63, 3.8) is 0 Å². The van der Waals surface area contributed by atoms with Crippen LogP contribution in [0.2, 0.25) is 0 Å². The predicted molar refractivity (Wildman–Crippen MR) is 109 cm³/mol. The van der Waals surface area contributed by atoms with Crippen molar-refractivity contribution in [1.82, 2.24) is 15.5 Å². The normalized spacial score (nSPS) is 16.1. The molecular formula is C21H25N3O3S. The van der Waals surface area contributed by atoms with Crippen LogP contribution in [0.25, 0.3) is 11.4 Å². The molecular weight excluding hydrogens is 374 g/mol. The maximum atomic E-state index is 5.74. The van der Waals surface area contributed by atoms with Crippen LogP contribution in [0.3, 0.4) is 0 Å². The minimum absolute atomic E-state index is 0.301. The number of hydrogen-bond acceptors (Lipinski definition) is 7. The first-order valence-electron chi connectivity index (χ1n) is 9.57. The molecule has 1 aliphatic carbocycles. The Hall–Kier alpha value is -2.38. The first-order chi connectivity index (χ1) is 13.7. The Bertz CT molecular complexity index is 902. The molecule has 0 radical (unpaired) electrons. The van der Waals surface area contributed by atoms with Gasteiger partial charge in [-0.1, -0.05) is 30.5 Å². The molecule has 2 aromatic heterocycles. The zero-order chi connectivity index (χ0) is 19.4. The van der Waals surface area contributed by atoms with Gasteiger partial charge in [0.2, 0.25) is 11.7 Å². The van der Waals surface area contributed by atoms with Gasteiger partial charge in [0.05, 0.1) is 19.8 Å². The number of nitrogens with zero attached hydrogens (tertiary/aromatic N) is 2. The quantitative estimate of drug-likeness (QED) is 0.617. The van der Waals surface area contributed by atoms with E-state index in [0.717, 1.165) is 48.3 Å². The van der Waals surface area contributed by atoms with Crippen molar-refractivity contribution in [2.75, 3.05) is 14.2 Å².